The molecule has 2 aliphatic heterocycles. The van der Waals surface area contributed by atoms with Crippen LogP contribution in [0.25, 0.3) is 0 Å². The molecule has 0 aliphatic carbocycles. The molecule has 0 bridgehead atoms. The topological polar surface area (TPSA) is 70.7 Å². The summed E-state index contributed by atoms with van der Waals surface area (Å²) in [5, 5.41) is 5.78. The summed E-state index contributed by atoms with van der Waals surface area (Å²) in [6.45, 7) is 3.05. The second-order valence-electron chi connectivity index (χ2n) is 8.88. The standard InChI is InChI=1S/C26H32ClN3O3/c27-17-25(31)29-21-8-9-24(23(16-21)26(32)28-18-22-7-4-14-33-22)30-12-10-20(11-13-30)15-19-5-2-1-3-6-19/h1-3,5-6,8-9,16,20,22H,4,7,10-15,17-18H2,(H,28,32)(H,29,31). The summed E-state index contributed by atoms with van der Waals surface area (Å²) in [6.07, 6.45) is 5.32. The molecule has 7 heteroatoms. The Morgan fingerprint density at radius 3 is 2.55 bits per heavy atom. The summed E-state index contributed by atoms with van der Waals surface area (Å²) in [5.74, 6) is 0.0745. The van der Waals surface area contributed by atoms with E-state index in [-0.39, 0.29) is 23.8 Å². The van der Waals surface area contributed by atoms with Crippen molar-refractivity contribution < 1.29 is 14.3 Å². The second-order valence-corrected chi connectivity index (χ2v) is 9.15. The van der Waals surface area contributed by atoms with Gasteiger partial charge in [0.1, 0.15) is 5.88 Å². The highest BCUT2D eigenvalue weighted by Crippen LogP contribution is 2.30. The van der Waals surface area contributed by atoms with Gasteiger partial charge in [0.25, 0.3) is 5.91 Å². The van der Waals surface area contributed by atoms with Gasteiger partial charge in [-0.3, -0.25) is 9.59 Å². The quantitative estimate of drug-likeness (QED) is 0.567. The van der Waals surface area contributed by atoms with Crippen LogP contribution in [-0.4, -0.2) is 50.0 Å². The maximum absolute atomic E-state index is 13.1. The van der Waals surface area contributed by atoms with Crippen molar-refractivity contribution in [2.45, 2.75) is 38.2 Å². The normalized spacial score (nSPS) is 18.8. The molecule has 2 fully saturated rings. The van der Waals surface area contributed by atoms with Crippen LogP contribution < -0.4 is 15.5 Å². The maximum Gasteiger partial charge on any atom is 0.253 e. The molecule has 2 saturated heterocycles. The van der Waals surface area contributed by atoms with Gasteiger partial charge in [-0.1, -0.05) is 30.3 Å². The summed E-state index contributed by atoms with van der Waals surface area (Å²) < 4.78 is 5.64. The zero-order valence-electron chi connectivity index (χ0n) is 18.9. The molecule has 1 atom stereocenters. The van der Waals surface area contributed by atoms with Crippen molar-refractivity contribution in [1.82, 2.24) is 5.32 Å². The lowest BCUT2D eigenvalue weighted by molar-refractivity contribution is -0.113. The Kier molecular flexibility index (Phi) is 8.24. The predicted molar refractivity (Wildman–Crippen MR) is 132 cm³/mol. The van der Waals surface area contributed by atoms with E-state index in [0.29, 0.717) is 23.7 Å². The molecule has 2 aromatic rings. The van der Waals surface area contributed by atoms with Crippen LogP contribution >= 0.6 is 11.6 Å². The number of nitrogens with zero attached hydrogens (tertiary/aromatic N) is 1. The molecule has 2 amide bonds. The van der Waals surface area contributed by atoms with Gasteiger partial charge in [-0.2, -0.15) is 0 Å². The highest BCUT2D eigenvalue weighted by molar-refractivity contribution is 6.29. The Labute approximate surface area is 200 Å². The van der Waals surface area contributed by atoms with Crippen LogP contribution in [0, 0.1) is 5.92 Å². The number of benzene rings is 2. The number of hydrogen-bond acceptors (Lipinski definition) is 4. The minimum absolute atomic E-state index is 0.0743. The molecule has 0 spiro atoms. The molecule has 0 radical (unpaired) electrons. The van der Waals surface area contributed by atoms with Crippen molar-refractivity contribution >= 4 is 34.8 Å². The summed E-state index contributed by atoms with van der Waals surface area (Å²) in [7, 11) is 0. The van der Waals surface area contributed by atoms with E-state index in [4.69, 9.17) is 16.3 Å². The first-order valence-corrected chi connectivity index (χ1v) is 12.3. The van der Waals surface area contributed by atoms with E-state index in [1.165, 1.54) is 5.56 Å². The highest BCUT2D eigenvalue weighted by Gasteiger charge is 2.24. The number of carbonyl (C=O) groups excluding carboxylic acids is 2. The second kappa shape index (κ2) is 11.5. The minimum atomic E-state index is -0.295. The van der Waals surface area contributed by atoms with Gasteiger partial charge in [-0.25, -0.2) is 0 Å². The third-order valence-electron chi connectivity index (χ3n) is 6.48. The molecule has 6 nitrogen and oxygen atoms in total. The van der Waals surface area contributed by atoms with Gasteiger partial charge in [0, 0.05) is 37.6 Å². The van der Waals surface area contributed by atoms with Gasteiger partial charge < -0.3 is 20.3 Å². The van der Waals surface area contributed by atoms with E-state index < -0.39 is 0 Å². The molecule has 33 heavy (non-hydrogen) atoms. The molecular weight excluding hydrogens is 438 g/mol. The van der Waals surface area contributed by atoms with Gasteiger partial charge in [-0.05, 0) is 61.8 Å². The first kappa shape index (κ1) is 23.6. The lowest BCUT2D eigenvalue weighted by Crippen LogP contribution is -2.37. The lowest BCUT2D eigenvalue weighted by Gasteiger charge is -2.35. The molecule has 2 aliphatic rings. The monoisotopic (exact) mass is 469 g/mol. The average molecular weight is 470 g/mol. The van der Waals surface area contributed by atoms with E-state index >= 15 is 0 Å². The first-order chi connectivity index (χ1) is 16.1. The first-order valence-electron chi connectivity index (χ1n) is 11.8. The average Bonchev–Trinajstić information content (AvgIpc) is 3.37. The fourth-order valence-electron chi connectivity index (χ4n) is 4.70. The largest absolute Gasteiger partial charge is 0.376 e. The van der Waals surface area contributed by atoms with Gasteiger partial charge in [0.2, 0.25) is 5.91 Å². The Bertz CT molecular complexity index is 939. The molecule has 176 valence electrons. The van der Waals surface area contributed by atoms with Crippen LogP contribution in [0.5, 0.6) is 0 Å². The number of anilines is 2. The van der Waals surface area contributed by atoms with E-state index in [9.17, 15) is 9.59 Å². The molecule has 1 unspecified atom stereocenters. The molecule has 4 rings (SSSR count). The van der Waals surface area contributed by atoms with Crippen LogP contribution in [0.3, 0.4) is 0 Å². The van der Waals surface area contributed by atoms with Crippen LogP contribution in [0.2, 0.25) is 0 Å². The molecule has 2 heterocycles. The maximum atomic E-state index is 13.1. The number of ether oxygens (including phenoxy) is 1. The summed E-state index contributed by atoms with van der Waals surface area (Å²) in [6, 6.07) is 16.1. The third kappa shape index (κ3) is 6.49. The van der Waals surface area contributed by atoms with Crippen LogP contribution in [-0.2, 0) is 16.0 Å². The SMILES string of the molecule is O=C(CCl)Nc1ccc(N2CCC(Cc3ccccc3)CC2)c(C(=O)NCC2CCCO2)c1. The van der Waals surface area contributed by atoms with Crippen LogP contribution in [0.4, 0.5) is 11.4 Å². The van der Waals surface area contributed by atoms with E-state index in [2.05, 4.69) is 45.9 Å². The van der Waals surface area contributed by atoms with Crippen molar-refractivity contribution in [3.8, 4) is 0 Å². The molecule has 2 aromatic carbocycles. The fraction of sp³-hybridized carbons (Fsp3) is 0.462. The van der Waals surface area contributed by atoms with Crippen molar-refractivity contribution in [3.63, 3.8) is 0 Å². The number of nitrogens with one attached hydrogen (secondary N) is 2. The fourth-order valence-corrected chi connectivity index (χ4v) is 4.77. The van der Waals surface area contributed by atoms with Crippen molar-refractivity contribution in [3.05, 3.63) is 59.7 Å². The van der Waals surface area contributed by atoms with Crippen molar-refractivity contribution in [1.29, 1.82) is 0 Å². The number of hydrogen-bond donors (Lipinski definition) is 2. The smallest absolute Gasteiger partial charge is 0.253 e. The summed E-state index contributed by atoms with van der Waals surface area (Å²) in [5.41, 5.74) is 3.43. The van der Waals surface area contributed by atoms with Crippen LogP contribution in [0.15, 0.2) is 48.5 Å². The Morgan fingerprint density at radius 2 is 1.85 bits per heavy atom. The minimum Gasteiger partial charge on any atom is -0.376 e. The Balaban J connectivity index is 1.45. The molecular formula is C26H32ClN3O3. The number of alkyl halides is 1. The van der Waals surface area contributed by atoms with Gasteiger partial charge in [-0.15, -0.1) is 11.6 Å². The summed E-state index contributed by atoms with van der Waals surface area (Å²) in [4.78, 5) is 27.2. The Morgan fingerprint density at radius 1 is 1.06 bits per heavy atom. The number of piperidine rings is 1. The predicted octanol–water partition coefficient (Wildman–Crippen LogP) is 4.23. The Hall–Kier alpha value is -2.57. The number of carbonyl (C=O) groups is 2. The van der Waals surface area contributed by atoms with Gasteiger partial charge >= 0.3 is 0 Å². The summed E-state index contributed by atoms with van der Waals surface area (Å²) >= 11 is 5.64. The van der Waals surface area contributed by atoms with Crippen LogP contribution in [0.1, 0.15) is 41.6 Å². The van der Waals surface area contributed by atoms with Gasteiger partial charge in [0.05, 0.1) is 11.7 Å². The molecule has 0 saturated carbocycles. The number of rotatable bonds is 8. The number of amides is 2. The third-order valence-corrected chi connectivity index (χ3v) is 6.73. The van der Waals surface area contributed by atoms with Gasteiger partial charge in [0.15, 0.2) is 0 Å². The molecule has 0 aromatic heterocycles. The molecule has 2 N–H and O–H groups in total. The lowest BCUT2D eigenvalue weighted by atomic mass is 9.89. The zero-order valence-corrected chi connectivity index (χ0v) is 19.7. The number of halogens is 1. The van der Waals surface area contributed by atoms with Crippen molar-refractivity contribution in [2.24, 2.45) is 5.92 Å². The van der Waals surface area contributed by atoms with E-state index in [1.807, 2.05) is 12.1 Å². The zero-order chi connectivity index (χ0) is 23.0. The van der Waals surface area contributed by atoms with Crippen molar-refractivity contribution in [2.75, 3.05) is 42.3 Å². The van der Waals surface area contributed by atoms with E-state index in [1.54, 1.807) is 6.07 Å². The highest BCUT2D eigenvalue weighted by atomic mass is 35.5. The van der Waals surface area contributed by atoms with E-state index in [0.717, 1.165) is 57.5 Å².